The molecule has 2 aromatic heterocycles. The van der Waals surface area contributed by atoms with Crippen molar-refractivity contribution in [1.29, 1.82) is 0 Å². The molecule has 0 spiro atoms. The summed E-state index contributed by atoms with van der Waals surface area (Å²) >= 11 is 4.86. The number of halogens is 1. The molecule has 1 unspecified atom stereocenters. The predicted octanol–water partition coefficient (Wildman–Crippen LogP) is 1.45. The summed E-state index contributed by atoms with van der Waals surface area (Å²) in [5.41, 5.74) is 0.553. The van der Waals surface area contributed by atoms with Crippen LogP contribution in [0, 0.1) is 0 Å². The molecule has 4 heterocycles. The molecule has 0 bridgehead atoms. The summed E-state index contributed by atoms with van der Waals surface area (Å²) in [5, 5.41) is 13.7. The summed E-state index contributed by atoms with van der Waals surface area (Å²) < 4.78 is 12.5. The number of fused-ring (bicyclic) bond motifs is 1. The van der Waals surface area contributed by atoms with Gasteiger partial charge in [-0.05, 0) is 36.2 Å². The van der Waals surface area contributed by atoms with Crippen LogP contribution in [0.15, 0.2) is 23.2 Å². The van der Waals surface area contributed by atoms with Crippen molar-refractivity contribution in [2.75, 3.05) is 53.7 Å². The fraction of sp³-hybridized carbons (Fsp3) is 0.526. The first-order valence-corrected chi connectivity index (χ1v) is 11.6. The number of piperazine rings is 1. The standard InChI is InChI=1S/C19H23ClN6O2S/c20-13-1-2-15(21-11-13)25-6-8-26(9-7-25)18-22-14-3-10-29(28)16(14)17(23-18)24-19(12-27)4-5-19/h1-2,11,27H,3-10,12H2,(H,22,23,24). The van der Waals surface area contributed by atoms with Gasteiger partial charge in [0.25, 0.3) is 0 Å². The topological polar surface area (TPSA) is 100 Å². The lowest BCUT2D eigenvalue weighted by Gasteiger charge is -2.35. The van der Waals surface area contributed by atoms with E-state index in [0.29, 0.717) is 29.0 Å². The van der Waals surface area contributed by atoms with Crippen LogP contribution < -0.4 is 15.1 Å². The van der Waals surface area contributed by atoms with Crippen LogP contribution >= 0.6 is 11.6 Å². The number of aliphatic hydroxyl groups is 1. The number of rotatable bonds is 5. The summed E-state index contributed by atoms with van der Waals surface area (Å²) in [4.78, 5) is 19.0. The number of nitrogens with one attached hydrogen (secondary N) is 1. The Morgan fingerprint density at radius 1 is 1.17 bits per heavy atom. The molecule has 1 atom stereocenters. The number of aromatic nitrogens is 3. The third-order valence-electron chi connectivity index (χ3n) is 5.81. The minimum atomic E-state index is -1.08. The molecule has 2 aliphatic heterocycles. The summed E-state index contributed by atoms with van der Waals surface area (Å²) in [5.74, 6) is 2.81. The molecule has 1 saturated heterocycles. The zero-order valence-electron chi connectivity index (χ0n) is 16.0. The lowest BCUT2D eigenvalue weighted by Crippen LogP contribution is -2.47. The molecule has 1 saturated carbocycles. The van der Waals surface area contributed by atoms with Crippen molar-refractivity contribution in [3.05, 3.63) is 29.0 Å². The maximum absolute atomic E-state index is 12.5. The number of anilines is 3. The Labute approximate surface area is 177 Å². The lowest BCUT2D eigenvalue weighted by molar-refractivity contribution is 0.265. The summed E-state index contributed by atoms with van der Waals surface area (Å²) in [6.07, 6.45) is 4.17. The van der Waals surface area contributed by atoms with Gasteiger partial charge in [-0.1, -0.05) is 11.6 Å². The van der Waals surface area contributed by atoms with Crippen LogP contribution in [0.5, 0.6) is 0 Å². The van der Waals surface area contributed by atoms with E-state index in [0.717, 1.165) is 55.4 Å². The van der Waals surface area contributed by atoms with Gasteiger partial charge in [-0.3, -0.25) is 0 Å². The molecule has 154 valence electrons. The Hall–Kier alpha value is -1.81. The number of aryl methyl sites for hydroxylation is 1. The van der Waals surface area contributed by atoms with Gasteiger partial charge in [-0.25, -0.2) is 9.97 Å². The quantitative estimate of drug-likeness (QED) is 0.682. The number of hydrogen-bond donors (Lipinski definition) is 2. The lowest BCUT2D eigenvalue weighted by atomic mass is 10.2. The number of aliphatic hydroxyl groups excluding tert-OH is 1. The van der Waals surface area contributed by atoms with Gasteiger partial charge in [0.1, 0.15) is 17.3 Å². The fourth-order valence-electron chi connectivity index (χ4n) is 3.83. The van der Waals surface area contributed by atoms with Crippen molar-refractivity contribution in [2.24, 2.45) is 0 Å². The third-order valence-corrected chi connectivity index (χ3v) is 7.50. The Morgan fingerprint density at radius 3 is 2.59 bits per heavy atom. The Morgan fingerprint density at radius 2 is 1.93 bits per heavy atom. The highest BCUT2D eigenvalue weighted by Gasteiger charge is 2.45. The van der Waals surface area contributed by atoms with Crippen LogP contribution in [-0.4, -0.2) is 68.7 Å². The maximum Gasteiger partial charge on any atom is 0.228 e. The second kappa shape index (κ2) is 7.46. The fourth-order valence-corrected chi connectivity index (χ4v) is 5.24. The summed E-state index contributed by atoms with van der Waals surface area (Å²) in [6.45, 7) is 3.22. The largest absolute Gasteiger partial charge is 0.611 e. The van der Waals surface area contributed by atoms with E-state index in [1.807, 2.05) is 12.1 Å². The molecule has 0 aromatic carbocycles. The third kappa shape index (κ3) is 3.72. The first-order chi connectivity index (χ1) is 14.1. The van der Waals surface area contributed by atoms with Gasteiger partial charge >= 0.3 is 0 Å². The molecular formula is C19H23ClN6O2S. The molecule has 2 fully saturated rings. The van der Waals surface area contributed by atoms with Gasteiger partial charge in [-0.2, -0.15) is 4.98 Å². The van der Waals surface area contributed by atoms with Gasteiger partial charge < -0.3 is 24.8 Å². The zero-order chi connectivity index (χ0) is 20.0. The highest BCUT2D eigenvalue weighted by molar-refractivity contribution is 7.91. The van der Waals surface area contributed by atoms with E-state index in [1.165, 1.54) is 0 Å². The molecule has 2 aromatic rings. The molecule has 10 heteroatoms. The first kappa shape index (κ1) is 19.2. The average molecular weight is 435 g/mol. The maximum atomic E-state index is 12.5. The second-order valence-electron chi connectivity index (χ2n) is 7.82. The normalized spacial score (nSPS) is 22.5. The smallest absolute Gasteiger partial charge is 0.228 e. The van der Waals surface area contributed by atoms with Crippen LogP contribution in [0.2, 0.25) is 5.02 Å². The van der Waals surface area contributed by atoms with Gasteiger partial charge in [0.2, 0.25) is 10.8 Å². The van der Waals surface area contributed by atoms with Gasteiger partial charge in [0, 0.05) is 38.8 Å². The Balaban J connectivity index is 1.36. The van der Waals surface area contributed by atoms with Crippen LogP contribution in [-0.2, 0) is 17.6 Å². The highest BCUT2D eigenvalue weighted by Crippen LogP contribution is 2.41. The summed E-state index contributed by atoms with van der Waals surface area (Å²) in [7, 11) is 0. The van der Waals surface area contributed by atoms with Gasteiger partial charge in [0.05, 0.1) is 17.2 Å². The van der Waals surface area contributed by atoms with E-state index in [-0.39, 0.29) is 12.1 Å². The zero-order valence-corrected chi connectivity index (χ0v) is 17.5. The van der Waals surface area contributed by atoms with E-state index in [2.05, 4.69) is 20.1 Å². The van der Waals surface area contributed by atoms with Crippen molar-refractivity contribution in [3.8, 4) is 0 Å². The summed E-state index contributed by atoms with van der Waals surface area (Å²) in [6, 6.07) is 3.79. The average Bonchev–Trinajstić information content (AvgIpc) is 3.42. The second-order valence-corrected chi connectivity index (χ2v) is 9.76. The highest BCUT2D eigenvalue weighted by atomic mass is 35.5. The molecule has 0 radical (unpaired) electrons. The molecule has 3 aliphatic rings. The molecule has 8 nitrogen and oxygen atoms in total. The van der Waals surface area contributed by atoms with Crippen LogP contribution in [0.25, 0.3) is 0 Å². The SMILES string of the molecule is [O-][S+]1CCc2nc(N3CCN(c4ccc(Cl)cn4)CC3)nc(NC3(CO)CC3)c21. The predicted molar refractivity (Wildman–Crippen MR) is 113 cm³/mol. The Kier molecular flexibility index (Phi) is 4.93. The van der Waals surface area contributed by atoms with Crippen molar-refractivity contribution in [3.63, 3.8) is 0 Å². The molecule has 5 rings (SSSR count). The van der Waals surface area contributed by atoms with Crippen molar-refractivity contribution >= 4 is 40.4 Å². The van der Waals surface area contributed by atoms with Crippen LogP contribution in [0.3, 0.4) is 0 Å². The number of pyridine rings is 1. The van der Waals surface area contributed by atoms with Crippen molar-refractivity contribution < 1.29 is 9.66 Å². The molecule has 1 aliphatic carbocycles. The monoisotopic (exact) mass is 434 g/mol. The molecular weight excluding hydrogens is 412 g/mol. The van der Waals surface area contributed by atoms with Gasteiger partial charge in [0.15, 0.2) is 5.82 Å². The molecule has 29 heavy (non-hydrogen) atoms. The number of hydrogen-bond acceptors (Lipinski definition) is 8. The van der Waals surface area contributed by atoms with E-state index in [9.17, 15) is 9.66 Å². The minimum absolute atomic E-state index is 0.0561. The number of nitrogens with zero attached hydrogens (tertiary/aromatic N) is 5. The molecule has 0 amide bonds. The van der Waals surface area contributed by atoms with E-state index in [4.69, 9.17) is 21.6 Å². The van der Waals surface area contributed by atoms with Crippen LogP contribution in [0.4, 0.5) is 17.6 Å². The van der Waals surface area contributed by atoms with Crippen LogP contribution in [0.1, 0.15) is 18.5 Å². The van der Waals surface area contributed by atoms with Crippen molar-refractivity contribution in [1.82, 2.24) is 15.0 Å². The molecule has 2 N–H and O–H groups in total. The minimum Gasteiger partial charge on any atom is -0.611 e. The first-order valence-electron chi connectivity index (χ1n) is 9.87. The van der Waals surface area contributed by atoms with E-state index in [1.54, 1.807) is 6.20 Å². The van der Waals surface area contributed by atoms with E-state index < -0.39 is 11.2 Å². The Bertz CT molecular complexity index is 902. The van der Waals surface area contributed by atoms with Gasteiger partial charge in [-0.15, -0.1) is 0 Å². The van der Waals surface area contributed by atoms with E-state index >= 15 is 0 Å². The van der Waals surface area contributed by atoms with Crippen molar-refractivity contribution in [2.45, 2.75) is 29.7 Å².